The van der Waals surface area contributed by atoms with E-state index in [1.807, 2.05) is 42.7 Å². The Balaban J connectivity index is 1.69. The minimum absolute atomic E-state index is 0.0240. The van der Waals surface area contributed by atoms with E-state index in [2.05, 4.69) is 22.1 Å². The third kappa shape index (κ3) is 6.48. The first-order valence-electron chi connectivity index (χ1n) is 10.3. The predicted octanol–water partition coefficient (Wildman–Crippen LogP) is 3.98. The third-order valence-corrected chi connectivity index (χ3v) is 6.41. The summed E-state index contributed by atoms with van der Waals surface area (Å²) in [5, 5.41) is 13.0. The molecule has 1 fully saturated rings. The number of amides is 1. The van der Waals surface area contributed by atoms with Crippen molar-refractivity contribution < 1.29 is 14.3 Å². The summed E-state index contributed by atoms with van der Waals surface area (Å²) in [5.41, 5.74) is 0.661. The first kappa shape index (κ1) is 23.6. The zero-order chi connectivity index (χ0) is 22.4. The Bertz CT molecular complexity index is 914. The second kappa shape index (κ2) is 10.5. The Morgan fingerprint density at radius 1 is 1.39 bits per heavy atom. The van der Waals surface area contributed by atoms with Gasteiger partial charge in [-0.25, -0.2) is 0 Å². The maximum absolute atomic E-state index is 12.6. The van der Waals surface area contributed by atoms with Gasteiger partial charge in [0.05, 0.1) is 12.7 Å². The molecule has 3 rings (SSSR count). The highest BCUT2D eigenvalue weighted by molar-refractivity contribution is 7.99. The fraction of sp³-hybridized carbons (Fsp3) is 0.500. The van der Waals surface area contributed by atoms with Crippen molar-refractivity contribution in [2.24, 2.45) is 5.92 Å². The molecule has 31 heavy (non-hydrogen) atoms. The lowest BCUT2D eigenvalue weighted by atomic mass is 9.88. The summed E-state index contributed by atoms with van der Waals surface area (Å²) in [6.45, 7) is 8.89. The van der Waals surface area contributed by atoms with Crippen LogP contribution in [-0.4, -0.2) is 52.3 Å². The van der Waals surface area contributed by atoms with Gasteiger partial charge in [0, 0.05) is 42.0 Å². The molecule has 0 saturated carbocycles. The number of aromatic nitrogens is 3. The van der Waals surface area contributed by atoms with Gasteiger partial charge in [0.1, 0.15) is 11.6 Å². The van der Waals surface area contributed by atoms with Crippen LogP contribution in [0, 0.1) is 5.92 Å². The zero-order valence-electron chi connectivity index (χ0n) is 18.2. The predicted molar refractivity (Wildman–Crippen MR) is 123 cm³/mol. The van der Waals surface area contributed by atoms with Crippen molar-refractivity contribution in [3.05, 3.63) is 41.7 Å². The minimum atomic E-state index is -0.257. The van der Waals surface area contributed by atoms with Crippen LogP contribution >= 0.6 is 23.4 Å². The van der Waals surface area contributed by atoms with Crippen molar-refractivity contribution in [2.45, 2.75) is 43.9 Å². The highest BCUT2D eigenvalue weighted by atomic mass is 35.5. The lowest BCUT2D eigenvalue weighted by molar-refractivity contribution is -0.135. The van der Waals surface area contributed by atoms with Gasteiger partial charge in [-0.3, -0.25) is 9.36 Å². The zero-order valence-corrected chi connectivity index (χ0v) is 19.8. The molecule has 0 bridgehead atoms. The Morgan fingerprint density at radius 3 is 2.77 bits per heavy atom. The largest absolute Gasteiger partial charge is 0.497 e. The molecule has 168 valence electrons. The number of methoxy groups -OCH3 is 1. The van der Waals surface area contributed by atoms with Gasteiger partial charge in [-0.15, -0.1) is 10.2 Å². The average Bonchev–Trinajstić information content (AvgIpc) is 3.14. The molecule has 0 unspecified atom stereocenters. The van der Waals surface area contributed by atoms with E-state index < -0.39 is 0 Å². The smallest absolute Gasteiger partial charge is 0.223 e. The van der Waals surface area contributed by atoms with Crippen molar-refractivity contribution in [3.8, 4) is 11.4 Å². The van der Waals surface area contributed by atoms with Crippen molar-refractivity contribution in [1.29, 1.82) is 0 Å². The van der Waals surface area contributed by atoms with E-state index in [0.717, 1.165) is 35.3 Å². The number of nitrogens with zero attached hydrogens (tertiary/aromatic N) is 3. The van der Waals surface area contributed by atoms with E-state index in [-0.39, 0.29) is 17.4 Å². The Labute approximate surface area is 192 Å². The maximum Gasteiger partial charge on any atom is 0.223 e. The first-order chi connectivity index (χ1) is 14.8. The van der Waals surface area contributed by atoms with E-state index in [1.165, 1.54) is 11.8 Å². The molecule has 1 aromatic carbocycles. The molecule has 0 spiro atoms. The van der Waals surface area contributed by atoms with Crippen LogP contribution in [0.5, 0.6) is 5.75 Å². The summed E-state index contributed by atoms with van der Waals surface area (Å²) < 4.78 is 13.0. The average molecular weight is 465 g/mol. The van der Waals surface area contributed by atoms with E-state index in [1.54, 1.807) is 7.11 Å². The third-order valence-electron chi connectivity index (χ3n) is 5.10. The molecule has 1 amide bonds. The van der Waals surface area contributed by atoms with Crippen LogP contribution in [0.3, 0.4) is 0 Å². The summed E-state index contributed by atoms with van der Waals surface area (Å²) in [7, 11) is 1.63. The van der Waals surface area contributed by atoms with Crippen LogP contribution in [0.2, 0.25) is 0 Å². The normalized spacial score (nSPS) is 17.9. The summed E-state index contributed by atoms with van der Waals surface area (Å²) in [6, 6.07) is 7.69. The number of benzene rings is 1. The topological polar surface area (TPSA) is 78.3 Å². The number of hydrogen-bond acceptors (Lipinski definition) is 6. The summed E-state index contributed by atoms with van der Waals surface area (Å²) in [5.74, 6) is 2.12. The summed E-state index contributed by atoms with van der Waals surface area (Å²) in [4.78, 5) is 12.6. The second-order valence-corrected chi connectivity index (χ2v) is 9.55. The Hall–Kier alpha value is -2.03. The quantitative estimate of drug-likeness (QED) is 0.565. The van der Waals surface area contributed by atoms with Gasteiger partial charge < -0.3 is 14.8 Å². The highest BCUT2D eigenvalue weighted by Gasteiger charge is 2.32. The summed E-state index contributed by atoms with van der Waals surface area (Å²) >= 11 is 7.41. The molecule has 9 heteroatoms. The standard InChI is InChI=1S/C22H29ClN4O3S/c1-15(23)14-31-21-26-25-19(27(21)17-5-7-18(29-4)8-6-17)9-11-24-20(28)16-10-12-30-22(2,3)13-16/h5-8,16H,1,9-14H2,2-4H3,(H,24,28)/t16-/m0/s1. The monoisotopic (exact) mass is 464 g/mol. The van der Waals surface area contributed by atoms with E-state index in [4.69, 9.17) is 21.1 Å². The number of halogens is 1. The number of carbonyl (C=O) groups is 1. The van der Waals surface area contributed by atoms with Crippen LogP contribution in [0.1, 0.15) is 32.5 Å². The van der Waals surface area contributed by atoms with Gasteiger partial charge in [-0.1, -0.05) is 29.9 Å². The molecule has 2 heterocycles. The maximum atomic E-state index is 12.6. The van der Waals surface area contributed by atoms with Gasteiger partial charge in [-0.2, -0.15) is 0 Å². The van der Waals surface area contributed by atoms with Gasteiger partial charge >= 0.3 is 0 Å². The molecule has 1 saturated heterocycles. The van der Waals surface area contributed by atoms with Crippen LogP contribution in [0.4, 0.5) is 0 Å². The Kier molecular flexibility index (Phi) is 8.02. The second-order valence-electron chi connectivity index (χ2n) is 8.08. The molecule has 1 aliphatic rings. The van der Waals surface area contributed by atoms with Crippen LogP contribution in [0.25, 0.3) is 5.69 Å². The lowest BCUT2D eigenvalue weighted by Gasteiger charge is -2.34. The van der Waals surface area contributed by atoms with E-state index in [9.17, 15) is 4.79 Å². The van der Waals surface area contributed by atoms with Gasteiger partial charge in [0.25, 0.3) is 0 Å². The van der Waals surface area contributed by atoms with Crippen molar-refractivity contribution >= 4 is 29.3 Å². The highest BCUT2D eigenvalue weighted by Crippen LogP contribution is 2.29. The number of nitrogens with one attached hydrogen (secondary N) is 1. The molecule has 0 aliphatic carbocycles. The minimum Gasteiger partial charge on any atom is -0.497 e. The fourth-order valence-electron chi connectivity index (χ4n) is 3.59. The number of hydrogen-bond donors (Lipinski definition) is 1. The van der Waals surface area contributed by atoms with Gasteiger partial charge in [0.2, 0.25) is 5.91 Å². The van der Waals surface area contributed by atoms with Crippen molar-refractivity contribution in [2.75, 3.05) is 26.0 Å². The molecule has 7 nitrogen and oxygen atoms in total. The Morgan fingerprint density at radius 2 is 2.13 bits per heavy atom. The van der Waals surface area contributed by atoms with Crippen LogP contribution in [-0.2, 0) is 16.0 Å². The molecule has 1 N–H and O–H groups in total. The number of rotatable bonds is 9. The molecule has 1 atom stereocenters. The van der Waals surface area contributed by atoms with Gasteiger partial charge in [-0.05, 0) is 51.0 Å². The van der Waals surface area contributed by atoms with Crippen molar-refractivity contribution in [1.82, 2.24) is 20.1 Å². The van der Waals surface area contributed by atoms with Crippen LogP contribution < -0.4 is 10.1 Å². The number of ether oxygens (including phenoxy) is 2. The van der Waals surface area contributed by atoms with E-state index in [0.29, 0.717) is 30.4 Å². The molecular formula is C22H29ClN4O3S. The SMILES string of the molecule is C=C(Cl)CSc1nnc(CCNC(=O)[C@H]2CCOC(C)(C)C2)n1-c1ccc(OC)cc1. The number of carbonyl (C=O) groups excluding carboxylic acids is 1. The molecule has 1 aromatic heterocycles. The lowest BCUT2D eigenvalue weighted by Crippen LogP contribution is -2.42. The molecular weight excluding hydrogens is 436 g/mol. The number of thioether (sulfide) groups is 1. The van der Waals surface area contributed by atoms with Crippen LogP contribution in [0.15, 0.2) is 41.0 Å². The summed E-state index contributed by atoms with van der Waals surface area (Å²) in [6.07, 6.45) is 2.03. The van der Waals surface area contributed by atoms with Crippen molar-refractivity contribution in [3.63, 3.8) is 0 Å². The van der Waals surface area contributed by atoms with E-state index >= 15 is 0 Å². The molecule has 1 aliphatic heterocycles. The molecule has 2 aromatic rings. The fourth-order valence-corrected chi connectivity index (χ4v) is 4.47. The molecule has 0 radical (unpaired) electrons. The first-order valence-corrected chi connectivity index (χ1v) is 11.6. The van der Waals surface area contributed by atoms with Gasteiger partial charge in [0.15, 0.2) is 5.16 Å².